The number of carbonyl (C=O) groups excluding carboxylic acids is 1. The molecule has 2 aliphatic rings. The minimum absolute atomic E-state index is 0.0103. The number of rotatable bonds is 2. The third-order valence-corrected chi connectivity index (χ3v) is 6.49. The van der Waals surface area contributed by atoms with Crippen LogP contribution < -0.4 is 0 Å². The van der Waals surface area contributed by atoms with Crippen molar-refractivity contribution in [2.24, 2.45) is 0 Å². The molecule has 23 heavy (non-hydrogen) atoms. The second-order valence-corrected chi connectivity index (χ2v) is 8.29. The van der Waals surface area contributed by atoms with Crippen LogP contribution in [0.1, 0.15) is 50.5 Å². The predicted molar refractivity (Wildman–Crippen MR) is 89.4 cm³/mol. The first-order valence-corrected chi connectivity index (χ1v) is 9.79. The maximum Gasteiger partial charge on any atom is 0.264 e. The van der Waals surface area contributed by atoms with Crippen LogP contribution >= 0.6 is 0 Å². The second kappa shape index (κ2) is 6.48. The van der Waals surface area contributed by atoms with Gasteiger partial charge in [-0.15, -0.1) is 0 Å². The largest absolute Gasteiger partial charge is 0.293 e. The number of sulfonamides is 1. The summed E-state index contributed by atoms with van der Waals surface area (Å²) < 4.78 is 27.5. The molecule has 3 rings (SSSR count). The lowest BCUT2D eigenvalue weighted by Gasteiger charge is -2.33. The lowest BCUT2D eigenvalue weighted by Crippen LogP contribution is -2.39. The van der Waals surface area contributed by atoms with Crippen LogP contribution in [0, 0.1) is 6.92 Å². The highest BCUT2D eigenvalue weighted by Crippen LogP contribution is 2.33. The number of aryl methyl sites for hydroxylation is 1. The molecule has 0 N–H and O–H groups in total. The van der Waals surface area contributed by atoms with Gasteiger partial charge in [0.2, 0.25) is 0 Å². The van der Waals surface area contributed by atoms with Gasteiger partial charge < -0.3 is 0 Å². The summed E-state index contributed by atoms with van der Waals surface area (Å²) in [6, 6.07) is 6.86. The molecule has 1 aromatic rings. The van der Waals surface area contributed by atoms with Gasteiger partial charge in [0.1, 0.15) is 0 Å². The molecule has 0 radical (unpaired) electrons. The van der Waals surface area contributed by atoms with Crippen LogP contribution in [0.4, 0.5) is 0 Å². The average Bonchev–Trinajstić information content (AvgIpc) is 2.56. The van der Waals surface area contributed by atoms with Gasteiger partial charge in [-0.1, -0.05) is 24.1 Å². The lowest BCUT2D eigenvalue weighted by atomic mass is 9.90. The second-order valence-electron chi connectivity index (χ2n) is 6.43. The van der Waals surface area contributed by atoms with E-state index < -0.39 is 10.0 Å². The first kappa shape index (κ1) is 16.2. The van der Waals surface area contributed by atoms with Crippen molar-refractivity contribution >= 4 is 15.8 Å². The van der Waals surface area contributed by atoms with Gasteiger partial charge in [-0.3, -0.25) is 9.10 Å². The minimum atomic E-state index is -3.66. The molecule has 4 nitrogen and oxygen atoms in total. The highest BCUT2D eigenvalue weighted by Gasteiger charge is 2.35. The monoisotopic (exact) mass is 333 g/mol. The number of Topliss-reactive ketones (excluding diaryl/α,β-unsaturated/α-hetero) is 1. The average molecular weight is 333 g/mol. The minimum Gasteiger partial charge on any atom is -0.293 e. The van der Waals surface area contributed by atoms with E-state index >= 15 is 0 Å². The van der Waals surface area contributed by atoms with E-state index in [-0.39, 0.29) is 10.7 Å². The molecule has 1 aliphatic carbocycles. The molecular weight excluding hydrogens is 310 g/mol. The van der Waals surface area contributed by atoms with Crippen LogP contribution in [-0.2, 0) is 14.8 Å². The van der Waals surface area contributed by atoms with E-state index in [1.54, 1.807) is 24.3 Å². The van der Waals surface area contributed by atoms with Crippen LogP contribution in [0.25, 0.3) is 0 Å². The summed E-state index contributed by atoms with van der Waals surface area (Å²) in [6.45, 7) is 2.33. The van der Waals surface area contributed by atoms with E-state index in [1.807, 2.05) is 6.92 Å². The van der Waals surface area contributed by atoms with Crippen LogP contribution in [0.2, 0.25) is 0 Å². The summed E-state index contributed by atoms with van der Waals surface area (Å²) in [7, 11) is -3.66. The number of nitrogens with zero attached hydrogens (tertiary/aromatic N) is 1. The molecular formula is C18H23NO3S. The van der Waals surface area contributed by atoms with Gasteiger partial charge in [0.25, 0.3) is 10.0 Å². The van der Waals surface area contributed by atoms with Crippen LogP contribution in [0.5, 0.6) is 0 Å². The zero-order valence-electron chi connectivity index (χ0n) is 13.5. The van der Waals surface area contributed by atoms with Crippen molar-refractivity contribution in [2.75, 3.05) is 6.54 Å². The summed E-state index contributed by atoms with van der Waals surface area (Å²) in [5, 5.41) is 0. The molecule has 2 fully saturated rings. The number of hydrogen-bond donors (Lipinski definition) is 0. The van der Waals surface area contributed by atoms with E-state index in [0.29, 0.717) is 25.1 Å². The van der Waals surface area contributed by atoms with Gasteiger partial charge in [-0.05, 0) is 56.7 Å². The van der Waals surface area contributed by atoms with Crippen LogP contribution in [0.3, 0.4) is 0 Å². The van der Waals surface area contributed by atoms with Crippen molar-refractivity contribution in [3.63, 3.8) is 0 Å². The van der Waals surface area contributed by atoms with E-state index in [0.717, 1.165) is 43.2 Å². The third-order valence-electron chi connectivity index (χ3n) is 4.68. The number of ketones is 1. The number of carbonyl (C=O) groups is 1. The van der Waals surface area contributed by atoms with Crippen molar-refractivity contribution in [1.82, 2.24) is 4.31 Å². The Kier molecular flexibility index (Phi) is 4.57. The highest BCUT2D eigenvalue weighted by atomic mass is 32.2. The van der Waals surface area contributed by atoms with E-state index in [1.165, 1.54) is 4.31 Å². The Morgan fingerprint density at radius 3 is 2.22 bits per heavy atom. The summed E-state index contributed by atoms with van der Waals surface area (Å²) in [4.78, 5) is 12.7. The van der Waals surface area contributed by atoms with Crippen molar-refractivity contribution in [2.45, 2.75) is 56.8 Å². The third kappa shape index (κ3) is 3.20. The van der Waals surface area contributed by atoms with Crippen molar-refractivity contribution in [3.8, 4) is 0 Å². The van der Waals surface area contributed by atoms with Gasteiger partial charge in [-0.25, -0.2) is 8.42 Å². The smallest absolute Gasteiger partial charge is 0.264 e. The normalized spacial score (nSPS) is 20.0. The summed E-state index contributed by atoms with van der Waals surface area (Å²) in [5.41, 5.74) is 2.53. The Balaban J connectivity index is 2.04. The summed E-state index contributed by atoms with van der Waals surface area (Å²) >= 11 is 0. The number of hydrogen-bond acceptors (Lipinski definition) is 3. The fourth-order valence-corrected chi connectivity index (χ4v) is 4.99. The molecule has 124 valence electrons. The van der Waals surface area contributed by atoms with Gasteiger partial charge in [-0.2, -0.15) is 0 Å². The fraction of sp³-hybridized carbons (Fsp3) is 0.500. The van der Waals surface area contributed by atoms with Crippen LogP contribution in [0.15, 0.2) is 40.4 Å². The lowest BCUT2D eigenvalue weighted by molar-refractivity contribution is -0.117. The zero-order chi connectivity index (χ0) is 16.4. The van der Waals surface area contributed by atoms with Gasteiger partial charge in [0.15, 0.2) is 5.78 Å². The topological polar surface area (TPSA) is 54.5 Å². The van der Waals surface area contributed by atoms with Gasteiger partial charge >= 0.3 is 0 Å². The molecule has 0 spiro atoms. The molecule has 5 heteroatoms. The molecule has 0 atom stereocenters. The quantitative estimate of drug-likeness (QED) is 0.778. The Hall–Kier alpha value is -1.62. The maximum absolute atomic E-state index is 13.0. The number of allylic oxidation sites excluding steroid dienone is 2. The molecule has 1 saturated heterocycles. The molecule has 1 aromatic carbocycles. The standard InChI is InChI=1S/C18H23NO3S/c1-14-9-11-16(12-10-14)23(21,22)19-13-5-8-17(20)18(19)15-6-3-2-4-7-15/h9-12H,2-8,13H2,1H3. The Morgan fingerprint density at radius 1 is 0.913 bits per heavy atom. The molecule has 0 bridgehead atoms. The molecule has 0 aromatic heterocycles. The molecule has 0 amide bonds. The van der Waals surface area contributed by atoms with Gasteiger partial charge in [0.05, 0.1) is 10.6 Å². The Morgan fingerprint density at radius 2 is 1.57 bits per heavy atom. The summed E-state index contributed by atoms with van der Waals surface area (Å²) in [5.74, 6) is -0.0103. The fourth-order valence-electron chi connectivity index (χ4n) is 3.42. The SMILES string of the molecule is Cc1ccc(S(=O)(=O)N2CCCC(=O)C2=C2CCCCC2)cc1. The van der Waals surface area contributed by atoms with Crippen molar-refractivity contribution < 1.29 is 13.2 Å². The first-order valence-electron chi connectivity index (χ1n) is 8.35. The Bertz CT molecular complexity index is 724. The van der Waals surface area contributed by atoms with Crippen LogP contribution in [-0.4, -0.2) is 25.1 Å². The molecule has 1 heterocycles. The zero-order valence-corrected chi connectivity index (χ0v) is 14.4. The first-order chi connectivity index (χ1) is 11.0. The summed E-state index contributed by atoms with van der Waals surface area (Å²) in [6.07, 6.45) is 6.01. The number of piperidine rings is 1. The maximum atomic E-state index is 13.0. The van der Waals surface area contributed by atoms with Crippen molar-refractivity contribution in [3.05, 3.63) is 41.1 Å². The van der Waals surface area contributed by atoms with Crippen molar-refractivity contribution in [1.29, 1.82) is 0 Å². The Labute approximate surface area is 138 Å². The predicted octanol–water partition coefficient (Wildman–Crippen LogP) is 3.57. The molecule has 1 aliphatic heterocycles. The van der Waals surface area contributed by atoms with E-state index in [2.05, 4.69) is 0 Å². The highest BCUT2D eigenvalue weighted by molar-refractivity contribution is 7.89. The van der Waals surface area contributed by atoms with E-state index in [9.17, 15) is 13.2 Å². The molecule has 1 saturated carbocycles. The molecule has 0 unspecified atom stereocenters. The number of benzene rings is 1. The van der Waals surface area contributed by atoms with Gasteiger partial charge in [0, 0.05) is 13.0 Å². The van der Waals surface area contributed by atoms with E-state index in [4.69, 9.17) is 0 Å².